The molecule has 1 aliphatic carbocycles. The summed E-state index contributed by atoms with van der Waals surface area (Å²) in [6, 6.07) is 0.0690. The van der Waals surface area contributed by atoms with Gasteiger partial charge in [-0.1, -0.05) is 0 Å². The van der Waals surface area contributed by atoms with Gasteiger partial charge in [0.05, 0.1) is 5.75 Å². The van der Waals surface area contributed by atoms with Crippen LogP contribution in [0.1, 0.15) is 39.5 Å². The molecule has 23 heavy (non-hydrogen) atoms. The van der Waals surface area contributed by atoms with Crippen molar-refractivity contribution in [2.45, 2.75) is 45.6 Å². The average molecular weight is 461 g/mol. The molecule has 0 spiro atoms. The van der Waals surface area contributed by atoms with Gasteiger partial charge in [-0.3, -0.25) is 4.99 Å². The summed E-state index contributed by atoms with van der Waals surface area (Å²) >= 11 is 0. The Bertz CT molecular complexity index is 465. The molecule has 1 saturated carbocycles. The Morgan fingerprint density at radius 2 is 2.04 bits per heavy atom. The minimum Gasteiger partial charge on any atom is -0.382 e. The molecule has 0 heterocycles. The zero-order chi connectivity index (χ0) is 16.6. The monoisotopic (exact) mass is 461 g/mol. The highest BCUT2D eigenvalue weighted by molar-refractivity contribution is 14.0. The fourth-order valence-electron chi connectivity index (χ4n) is 2.29. The normalized spacial score (nSPS) is 18.0. The SMILES string of the molecule is CCOCCC1(CNC(=NC)NC(C)CCS(C)(=O)=O)CC1.I. The molecule has 1 rings (SSSR count). The predicted molar refractivity (Wildman–Crippen MR) is 106 cm³/mol. The van der Waals surface area contributed by atoms with E-state index in [9.17, 15) is 8.42 Å². The largest absolute Gasteiger partial charge is 0.382 e. The fourth-order valence-corrected chi connectivity index (χ4v) is 3.07. The molecule has 6 nitrogen and oxygen atoms in total. The van der Waals surface area contributed by atoms with Crippen LogP contribution in [0.5, 0.6) is 0 Å². The second-order valence-electron chi connectivity index (χ2n) is 6.34. The molecule has 1 aliphatic rings. The van der Waals surface area contributed by atoms with Crippen LogP contribution >= 0.6 is 24.0 Å². The Morgan fingerprint density at radius 1 is 1.39 bits per heavy atom. The molecule has 0 radical (unpaired) electrons. The number of rotatable bonds is 10. The van der Waals surface area contributed by atoms with E-state index in [0.717, 1.165) is 32.1 Å². The first-order chi connectivity index (χ1) is 10.3. The first kappa shape index (κ1) is 22.9. The third kappa shape index (κ3) is 10.4. The third-order valence-electron chi connectivity index (χ3n) is 4.10. The van der Waals surface area contributed by atoms with E-state index in [1.807, 2.05) is 13.8 Å². The highest BCUT2D eigenvalue weighted by atomic mass is 127. The number of sulfone groups is 1. The maximum atomic E-state index is 11.2. The first-order valence-electron chi connectivity index (χ1n) is 8.03. The molecule has 0 aromatic carbocycles. The minimum atomic E-state index is -2.91. The quantitative estimate of drug-likeness (QED) is 0.225. The Kier molecular flexibility index (Phi) is 10.7. The van der Waals surface area contributed by atoms with E-state index >= 15 is 0 Å². The maximum Gasteiger partial charge on any atom is 0.191 e. The van der Waals surface area contributed by atoms with Crippen molar-refractivity contribution in [1.82, 2.24) is 10.6 Å². The van der Waals surface area contributed by atoms with Gasteiger partial charge in [-0.25, -0.2) is 8.42 Å². The first-order valence-corrected chi connectivity index (χ1v) is 10.1. The fraction of sp³-hybridized carbons (Fsp3) is 0.933. The van der Waals surface area contributed by atoms with E-state index in [-0.39, 0.29) is 35.8 Å². The number of guanidine groups is 1. The zero-order valence-corrected chi connectivity index (χ0v) is 17.9. The van der Waals surface area contributed by atoms with Crippen LogP contribution in [0, 0.1) is 5.41 Å². The van der Waals surface area contributed by atoms with Gasteiger partial charge in [-0.2, -0.15) is 0 Å². The van der Waals surface area contributed by atoms with Crippen molar-refractivity contribution in [1.29, 1.82) is 0 Å². The van der Waals surface area contributed by atoms with Crippen LogP contribution < -0.4 is 10.6 Å². The van der Waals surface area contributed by atoms with Gasteiger partial charge >= 0.3 is 0 Å². The molecule has 8 heteroatoms. The number of nitrogens with zero attached hydrogens (tertiary/aromatic N) is 1. The molecule has 0 aromatic rings. The molecule has 0 aliphatic heterocycles. The maximum absolute atomic E-state index is 11.2. The second-order valence-corrected chi connectivity index (χ2v) is 8.60. The van der Waals surface area contributed by atoms with Crippen molar-refractivity contribution in [2.75, 3.05) is 38.8 Å². The molecular formula is C15H32IN3O3S. The van der Waals surface area contributed by atoms with Crippen LogP contribution in [0.15, 0.2) is 4.99 Å². The van der Waals surface area contributed by atoms with E-state index in [1.54, 1.807) is 7.05 Å². The summed E-state index contributed by atoms with van der Waals surface area (Å²) in [4.78, 5) is 4.21. The van der Waals surface area contributed by atoms with Crippen molar-refractivity contribution in [3.05, 3.63) is 0 Å². The lowest BCUT2D eigenvalue weighted by Gasteiger charge is -2.21. The van der Waals surface area contributed by atoms with Gasteiger partial charge in [-0.05, 0) is 44.9 Å². The number of halogens is 1. The van der Waals surface area contributed by atoms with Crippen molar-refractivity contribution in [3.63, 3.8) is 0 Å². The minimum absolute atomic E-state index is 0. The third-order valence-corrected chi connectivity index (χ3v) is 5.07. The van der Waals surface area contributed by atoms with Crippen LogP contribution in [-0.4, -0.2) is 59.2 Å². The lowest BCUT2D eigenvalue weighted by molar-refractivity contribution is 0.128. The summed E-state index contributed by atoms with van der Waals surface area (Å²) in [5.41, 5.74) is 0.350. The van der Waals surface area contributed by atoms with Gasteiger partial charge in [0.1, 0.15) is 9.84 Å². The number of nitrogens with one attached hydrogen (secondary N) is 2. The van der Waals surface area contributed by atoms with Crippen LogP contribution in [0.25, 0.3) is 0 Å². The molecule has 0 amide bonds. The Morgan fingerprint density at radius 3 is 2.52 bits per heavy atom. The number of aliphatic imine (C=N–C) groups is 1. The molecular weight excluding hydrogens is 429 g/mol. The Labute approximate surface area is 158 Å². The molecule has 1 fully saturated rings. The van der Waals surface area contributed by atoms with Crippen LogP contribution in [0.4, 0.5) is 0 Å². The van der Waals surface area contributed by atoms with Gasteiger partial charge in [0.2, 0.25) is 0 Å². The number of hydrogen-bond acceptors (Lipinski definition) is 4. The molecule has 0 bridgehead atoms. The van der Waals surface area contributed by atoms with Gasteiger partial charge in [0.15, 0.2) is 5.96 Å². The van der Waals surface area contributed by atoms with Crippen molar-refractivity contribution >= 4 is 39.8 Å². The predicted octanol–water partition coefficient (Wildman–Crippen LogP) is 1.80. The molecule has 1 atom stereocenters. The standard InChI is InChI=1S/C15H31N3O3S.HI/c1-5-21-10-9-15(7-8-15)12-17-14(16-3)18-13(2)6-11-22(4,19)20;/h13H,5-12H2,1-4H3,(H2,16,17,18);1H. The highest BCUT2D eigenvalue weighted by Gasteiger charge is 2.41. The summed E-state index contributed by atoms with van der Waals surface area (Å²) in [6.07, 6.45) is 5.38. The van der Waals surface area contributed by atoms with Gasteiger partial charge in [0.25, 0.3) is 0 Å². The summed E-state index contributed by atoms with van der Waals surface area (Å²) < 4.78 is 27.8. The molecule has 138 valence electrons. The van der Waals surface area contributed by atoms with Crippen molar-refractivity contribution < 1.29 is 13.2 Å². The van der Waals surface area contributed by atoms with E-state index in [4.69, 9.17) is 4.74 Å². The van der Waals surface area contributed by atoms with E-state index in [0.29, 0.717) is 11.8 Å². The topological polar surface area (TPSA) is 79.8 Å². The Balaban J connectivity index is 0.00000484. The van der Waals surface area contributed by atoms with E-state index < -0.39 is 9.84 Å². The van der Waals surface area contributed by atoms with E-state index in [1.165, 1.54) is 19.1 Å². The molecule has 0 aromatic heterocycles. The molecule has 2 N–H and O–H groups in total. The van der Waals surface area contributed by atoms with Crippen molar-refractivity contribution in [3.8, 4) is 0 Å². The Hall–Kier alpha value is -0.0900. The summed E-state index contributed by atoms with van der Waals surface area (Å²) in [7, 11) is -1.18. The van der Waals surface area contributed by atoms with Gasteiger partial charge in [-0.15, -0.1) is 24.0 Å². The second kappa shape index (κ2) is 10.7. The van der Waals surface area contributed by atoms with Crippen LogP contribution in [0.3, 0.4) is 0 Å². The highest BCUT2D eigenvalue weighted by Crippen LogP contribution is 2.48. The molecule has 0 saturated heterocycles. The van der Waals surface area contributed by atoms with Gasteiger partial charge < -0.3 is 15.4 Å². The lowest BCUT2D eigenvalue weighted by Crippen LogP contribution is -2.44. The van der Waals surface area contributed by atoms with Crippen LogP contribution in [0.2, 0.25) is 0 Å². The summed E-state index contributed by atoms with van der Waals surface area (Å²) in [5.74, 6) is 0.930. The smallest absolute Gasteiger partial charge is 0.191 e. The van der Waals surface area contributed by atoms with E-state index in [2.05, 4.69) is 15.6 Å². The average Bonchev–Trinajstić information content (AvgIpc) is 3.21. The van der Waals surface area contributed by atoms with Crippen molar-refractivity contribution in [2.24, 2.45) is 10.4 Å². The zero-order valence-electron chi connectivity index (χ0n) is 14.7. The van der Waals surface area contributed by atoms with Gasteiger partial charge in [0, 0.05) is 39.1 Å². The summed E-state index contributed by atoms with van der Waals surface area (Å²) in [5, 5.41) is 6.61. The number of hydrogen-bond donors (Lipinski definition) is 2. The summed E-state index contributed by atoms with van der Waals surface area (Å²) in [6.45, 7) is 6.46. The number of ether oxygens (including phenoxy) is 1. The lowest BCUT2D eigenvalue weighted by atomic mass is 10.0. The van der Waals surface area contributed by atoms with Crippen LogP contribution in [-0.2, 0) is 14.6 Å². The molecule has 1 unspecified atom stereocenters.